The molecular formula is C16H25Cl2N5O2. The molecule has 1 saturated heterocycles. The highest BCUT2D eigenvalue weighted by Crippen LogP contribution is 2.35. The zero-order valence-electron chi connectivity index (χ0n) is 14.0. The van der Waals surface area contributed by atoms with Gasteiger partial charge in [-0.25, -0.2) is 0 Å². The van der Waals surface area contributed by atoms with E-state index in [9.17, 15) is 9.59 Å². The van der Waals surface area contributed by atoms with Crippen molar-refractivity contribution < 1.29 is 4.79 Å². The molecule has 0 radical (unpaired) electrons. The van der Waals surface area contributed by atoms with Crippen molar-refractivity contribution in [2.24, 2.45) is 5.73 Å². The molecule has 0 bridgehead atoms. The van der Waals surface area contributed by atoms with Crippen molar-refractivity contribution in [3.63, 3.8) is 0 Å². The molecule has 1 aromatic rings. The SMILES string of the molecule is Cl.Cl.NC1CCN(C[C@@H]2CCN3C(=O)CNc4ccc(=O)n2c43)CC1. The molecule has 1 amide bonds. The van der Waals surface area contributed by atoms with E-state index in [1.807, 2.05) is 4.57 Å². The Kier molecular flexibility index (Phi) is 6.37. The summed E-state index contributed by atoms with van der Waals surface area (Å²) in [6.45, 7) is 3.82. The van der Waals surface area contributed by atoms with Crippen LogP contribution >= 0.6 is 24.8 Å². The summed E-state index contributed by atoms with van der Waals surface area (Å²) >= 11 is 0. The van der Waals surface area contributed by atoms with E-state index in [-0.39, 0.29) is 42.3 Å². The molecule has 3 aliphatic rings. The van der Waals surface area contributed by atoms with Crippen molar-refractivity contribution in [2.75, 3.05) is 42.9 Å². The highest BCUT2D eigenvalue weighted by molar-refractivity contribution is 6.01. The monoisotopic (exact) mass is 389 g/mol. The first-order valence-corrected chi connectivity index (χ1v) is 8.41. The van der Waals surface area contributed by atoms with Crippen LogP contribution in [0.15, 0.2) is 16.9 Å². The van der Waals surface area contributed by atoms with Gasteiger partial charge in [0.1, 0.15) is 5.82 Å². The fourth-order valence-electron chi connectivity index (χ4n) is 3.94. The lowest BCUT2D eigenvalue weighted by atomic mass is 10.0. The van der Waals surface area contributed by atoms with E-state index in [1.54, 1.807) is 17.0 Å². The van der Waals surface area contributed by atoms with Crippen molar-refractivity contribution in [3.05, 3.63) is 22.5 Å². The van der Waals surface area contributed by atoms with E-state index in [0.29, 0.717) is 19.1 Å². The number of piperidine rings is 1. The normalized spacial score (nSPS) is 23.2. The van der Waals surface area contributed by atoms with Gasteiger partial charge in [0.05, 0.1) is 18.3 Å². The molecule has 0 saturated carbocycles. The van der Waals surface area contributed by atoms with Gasteiger partial charge in [-0.2, -0.15) is 0 Å². The number of hydrogen-bond acceptors (Lipinski definition) is 5. The number of carbonyl (C=O) groups excluding carboxylic acids is 1. The number of likely N-dealkylation sites (tertiary alicyclic amines) is 1. The van der Waals surface area contributed by atoms with Gasteiger partial charge < -0.3 is 16.0 Å². The van der Waals surface area contributed by atoms with Crippen LogP contribution in [-0.2, 0) is 4.79 Å². The van der Waals surface area contributed by atoms with Gasteiger partial charge in [0, 0.05) is 25.2 Å². The molecule has 1 atom stereocenters. The van der Waals surface area contributed by atoms with E-state index in [2.05, 4.69) is 10.2 Å². The Morgan fingerprint density at radius 3 is 2.52 bits per heavy atom. The lowest BCUT2D eigenvalue weighted by molar-refractivity contribution is -0.117. The van der Waals surface area contributed by atoms with E-state index in [1.165, 1.54) is 0 Å². The number of aromatic nitrogens is 1. The number of carbonyl (C=O) groups is 1. The lowest BCUT2D eigenvalue weighted by Crippen LogP contribution is -2.51. The van der Waals surface area contributed by atoms with Crippen LogP contribution in [0.25, 0.3) is 0 Å². The third-order valence-electron chi connectivity index (χ3n) is 5.24. The van der Waals surface area contributed by atoms with Crippen LogP contribution in [0, 0.1) is 0 Å². The number of amides is 1. The fraction of sp³-hybridized carbons (Fsp3) is 0.625. The summed E-state index contributed by atoms with van der Waals surface area (Å²) in [6, 6.07) is 3.82. The van der Waals surface area contributed by atoms with E-state index < -0.39 is 0 Å². The smallest absolute Gasteiger partial charge is 0.252 e. The van der Waals surface area contributed by atoms with Gasteiger partial charge in [0.2, 0.25) is 5.91 Å². The van der Waals surface area contributed by atoms with E-state index in [4.69, 9.17) is 5.73 Å². The third kappa shape index (κ3) is 3.65. The average Bonchev–Trinajstić information content (AvgIpc) is 2.56. The fourth-order valence-corrected chi connectivity index (χ4v) is 3.94. The molecule has 0 aliphatic carbocycles. The first-order chi connectivity index (χ1) is 11.1. The summed E-state index contributed by atoms with van der Waals surface area (Å²) in [5.41, 5.74) is 6.83. The molecule has 7 nitrogen and oxygen atoms in total. The summed E-state index contributed by atoms with van der Waals surface area (Å²) in [7, 11) is 0. The topological polar surface area (TPSA) is 83.6 Å². The molecule has 3 N–H and O–H groups in total. The van der Waals surface area contributed by atoms with Crippen LogP contribution in [0.2, 0.25) is 0 Å². The summed E-state index contributed by atoms with van der Waals surface area (Å²) in [6.07, 6.45) is 2.85. The summed E-state index contributed by atoms with van der Waals surface area (Å²) in [5.74, 6) is 0.790. The summed E-state index contributed by atoms with van der Waals surface area (Å²) in [4.78, 5) is 28.8. The molecule has 9 heteroatoms. The maximum Gasteiger partial charge on any atom is 0.252 e. The molecule has 3 aliphatic heterocycles. The molecular weight excluding hydrogens is 365 g/mol. The Bertz CT molecular complexity index is 688. The number of anilines is 2. The standard InChI is InChI=1S/C16H23N5O2.2ClH/c17-11-3-6-19(7-4-11)10-12-5-8-20-15(23)9-18-13-1-2-14(22)21(12)16(13)20;;/h1-2,11-12,18H,3-10,17H2;2*1H/t12-;;/m0../s1. The van der Waals surface area contributed by atoms with E-state index >= 15 is 0 Å². The second-order valence-corrected chi connectivity index (χ2v) is 6.76. The number of rotatable bonds is 2. The largest absolute Gasteiger partial charge is 0.373 e. The first-order valence-electron chi connectivity index (χ1n) is 8.41. The third-order valence-corrected chi connectivity index (χ3v) is 5.24. The number of hydrogen-bond donors (Lipinski definition) is 2. The second kappa shape index (κ2) is 7.95. The lowest BCUT2D eigenvalue weighted by Gasteiger charge is -2.41. The first kappa shape index (κ1) is 20.0. The van der Waals surface area contributed by atoms with Crippen molar-refractivity contribution in [3.8, 4) is 0 Å². The Balaban J connectivity index is 0.00000113. The van der Waals surface area contributed by atoms with Crippen molar-refractivity contribution in [1.29, 1.82) is 0 Å². The van der Waals surface area contributed by atoms with Gasteiger partial charge in [-0.05, 0) is 38.4 Å². The van der Waals surface area contributed by atoms with Crippen molar-refractivity contribution >= 4 is 42.2 Å². The molecule has 25 heavy (non-hydrogen) atoms. The molecule has 0 spiro atoms. The number of nitrogens with one attached hydrogen (secondary N) is 1. The van der Waals surface area contributed by atoms with Gasteiger partial charge in [0.25, 0.3) is 5.56 Å². The number of halogens is 2. The second-order valence-electron chi connectivity index (χ2n) is 6.76. The quantitative estimate of drug-likeness (QED) is 0.781. The van der Waals surface area contributed by atoms with Gasteiger partial charge in [-0.15, -0.1) is 24.8 Å². The Morgan fingerprint density at radius 1 is 1.08 bits per heavy atom. The average molecular weight is 390 g/mol. The summed E-state index contributed by atoms with van der Waals surface area (Å²) < 4.78 is 1.82. The predicted octanol–water partition coefficient (Wildman–Crippen LogP) is 0.818. The van der Waals surface area contributed by atoms with E-state index in [0.717, 1.165) is 50.4 Å². The molecule has 4 heterocycles. The molecule has 1 fully saturated rings. The number of nitrogens with zero attached hydrogens (tertiary/aromatic N) is 3. The zero-order valence-corrected chi connectivity index (χ0v) is 15.7. The van der Waals surface area contributed by atoms with Crippen LogP contribution in [0.5, 0.6) is 0 Å². The van der Waals surface area contributed by atoms with Crippen LogP contribution in [0.1, 0.15) is 25.3 Å². The van der Waals surface area contributed by atoms with Gasteiger partial charge in [-0.1, -0.05) is 0 Å². The Hall–Kier alpha value is -1.28. The minimum atomic E-state index is -0.0244. The number of nitrogens with two attached hydrogens (primary N) is 1. The van der Waals surface area contributed by atoms with Crippen molar-refractivity contribution in [2.45, 2.75) is 31.3 Å². The highest BCUT2D eigenvalue weighted by atomic mass is 35.5. The predicted molar refractivity (Wildman–Crippen MR) is 103 cm³/mol. The van der Waals surface area contributed by atoms with Gasteiger partial charge >= 0.3 is 0 Å². The zero-order chi connectivity index (χ0) is 16.0. The molecule has 140 valence electrons. The van der Waals surface area contributed by atoms with Crippen LogP contribution in [0.3, 0.4) is 0 Å². The minimum Gasteiger partial charge on any atom is -0.373 e. The minimum absolute atomic E-state index is 0. The molecule has 0 unspecified atom stereocenters. The van der Waals surface area contributed by atoms with Crippen molar-refractivity contribution in [1.82, 2.24) is 9.47 Å². The maximum absolute atomic E-state index is 12.5. The van der Waals surface area contributed by atoms with Gasteiger partial charge in [-0.3, -0.25) is 19.1 Å². The molecule has 4 rings (SSSR count). The molecule has 0 aromatic carbocycles. The number of pyridine rings is 1. The highest BCUT2D eigenvalue weighted by Gasteiger charge is 2.35. The van der Waals surface area contributed by atoms with Crippen LogP contribution < -0.4 is 21.5 Å². The van der Waals surface area contributed by atoms with Gasteiger partial charge in [0.15, 0.2) is 0 Å². The molecule has 1 aromatic heterocycles. The Morgan fingerprint density at radius 2 is 1.80 bits per heavy atom. The Labute approximate surface area is 159 Å². The van der Waals surface area contributed by atoms with Crippen LogP contribution in [-0.4, -0.2) is 54.1 Å². The van der Waals surface area contributed by atoms with Crippen LogP contribution in [0.4, 0.5) is 11.5 Å². The summed E-state index contributed by atoms with van der Waals surface area (Å²) in [5, 5.41) is 3.13. The maximum atomic E-state index is 12.5.